The first-order valence-electron chi connectivity index (χ1n) is 9.02. The van der Waals surface area contributed by atoms with Gasteiger partial charge < -0.3 is 9.88 Å². The predicted molar refractivity (Wildman–Crippen MR) is 108 cm³/mol. The van der Waals surface area contributed by atoms with Crippen LogP contribution in [0.15, 0.2) is 64.3 Å². The van der Waals surface area contributed by atoms with Crippen LogP contribution >= 0.6 is 11.6 Å². The first kappa shape index (κ1) is 18.3. The number of nitrogens with one attached hydrogen (secondary N) is 1. The summed E-state index contributed by atoms with van der Waals surface area (Å²) in [6.45, 7) is 0.518. The van der Waals surface area contributed by atoms with E-state index in [1.807, 2.05) is 24.3 Å². The van der Waals surface area contributed by atoms with E-state index in [2.05, 4.69) is 4.98 Å². The molecule has 1 aliphatic rings. The molecule has 3 aromatic rings. The van der Waals surface area contributed by atoms with Crippen molar-refractivity contribution in [2.75, 3.05) is 11.4 Å². The molecule has 0 fully saturated rings. The Hall–Kier alpha value is -3.12. The third-order valence-corrected chi connectivity index (χ3v) is 5.30. The zero-order chi connectivity index (χ0) is 19.7. The van der Waals surface area contributed by atoms with E-state index in [4.69, 9.17) is 11.6 Å². The van der Waals surface area contributed by atoms with E-state index >= 15 is 0 Å². The quantitative estimate of drug-likeness (QED) is 0.741. The average molecular weight is 396 g/mol. The molecule has 0 saturated heterocycles. The largest absolute Gasteiger partial charge is 0.328 e. The standard InChI is InChI=1S/C21H18ClN3O3/c22-17-9-3-1-7-15(17)13-25-20(27)16(12-23-21(25)28)19(26)24-11-5-8-14-6-2-4-10-18(14)24/h1-4,6-7,9-10,12H,5,8,11,13H2,(H,23,28). The Bertz CT molecular complexity index is 1170. The fourth-order valence-electron chi connectivity index (χ4n) is 3.49. The van der Waals surface area contributed by atoms with Crippen LogP contribution in [0.5, 0.6) is 0 Å². The molecule has 0 radical (unpaired) electrons. The van der Waals surface area contributed by atoms with Crippen LogP contribution < -0.4 is 16.1 Å². The molecule has 0 aliphatic carbocycles. The SMILES string of the molecule is O=C(c1c[nH]c(=O)n(Cc2ccccc2Cl)c1=O)N1CCCc2ccccc21. The van der Waals surface area contributed by atoms with E-state index in [0.717, 1.165) is 28.7 Å². The Morgan fingerprint density at radius 2 is 1.82 bits per heavy atom. The fourth-order valence-corrected chi connectivity index (χ4v) is 3.69. The molecule has 1 amide bonds. The average Bonchev–Trinajstić information content (AvgIpc) is 2.71. The van der Waals surface area contributed by atoms with Gasteiger partial charge in [-0.05, 0) is 36.1 Å². The second-order valence-electron chi connectivity index (χ2n) is 6.68. The highest BCUT2D eigenvalue weighted by atomic mass is 35.5. The number of halogens is 1. The Kier molecular flexibility index (Phi) is 4.88. The maximum Gasteiger partial charge on any atom is 0.328 e. The molecule has 2 heterocycles. The van der Waals surface area contributed by atoms with E-state index < -0.39 is 17.2 Å². The van der Waals surface area contributed by atoms with E-state index in [0.29, 0.717) is 17.1 Å². The summed E-state index contributed by atoms with van der Waals surface area (Å²) < 4.78 is 1.00. The van der Waals surface area contributed by atoms with Crippen molar-refractivity contribution < 1.29 is 4.79 Å². The maximum absolute atomic E-state index is 13.1. The highest BCUT2D eigenvalue weighted by Crippen LogP contribution is 2.27. The van der Waals surface area contributed by atoms with Crippen LogP contribution in [0.1, 0.15) is 27.9 Å². The zero-order valence-electron chi connectivity index (χ0n) is 15.0. The monoisotopic (exact) mass is 395 g/mol. The Morgan fingerprint density at radius 3 is 2.64 bits per heavy atom. The van der Waals surface area contributed by atoms with Crippen LogP contribution in [0.25, 0.3) is 0 Å². The number of aryl methyl sites for hydroxylation is 1. The summed E-state index contributed by atoms with van der Waals surface area (Å²) in [5.74, 6) is -0.415. The number of carbonyl (C=O) groups is 1. The number of aromatic amines is 1. The van der Waals surface area contributed by atoms with Crippen molar-refractivity contribution in [3.8, 4) is 0 Å². The number of benzene rings is 2. The van der Waals surface area contributed by atoms with Gasteiger partial charge in [0.1, 0.15) is 5.56 Å². The fraction of sp³-hybridized carbons (Fsp3) is 0.190. The van der Waals surface area contributed by atoms with E-state index in [1.54, 1.807) is 29.2 Å². The Balaban J connectivity index is 1.74. The van der Waals surface area contributed by atoms with Crippen LogP contribution in [0.2, 0.25) is 5.02 Å². The number of rotatable bonds is 3. The Labute approximate surface area is 166 Å². The molecule has 0 atom stereocenters. The molecule has 2 aromatic carbocycles. The van der Waals surface area contributed by atoms with Gasteiger partial charge in [0.25, 0.3) is 11.5 Å². The third-order valence-electron chi connectivity index (χ3n) is 4.93. The van der Waals surface area contributed by atoms with Crippen molar-refractivity contribution in [3.05, 3.63) is 97.3 Å². The van der Waals surface area contributed by atoms with Crippen molar-refractivity contribution in [2.45, 2.75) is 19.4 Å². The molecule has 0 spiro atoms. The first-order valence-corrected chi connectivity index (χ1v) is 9.40. The minimum atomic E-state index is -0.628. The predicted octanol–water partition coefficient (Wildman–Crippen LogP) is 2.83. The number of H-pyrrole nitrogens is 1. The second kappa shape index (κ2) is 7.48. The van der Waals surface area contributed by atoms with Gasteiger partial charge >= 0.3 is 5.69 Å². The smallest absolute Gasteiger partial charge is 0.313 e. The van der Waals surface area contributed by atoms with Crippen molar-refractivity contribution in [2.24, 2.45) is 0 Å². The number of hydrogen-bond donors (Lipinski definition) is 1. The number of anilines is 1. The molecule has 28 heavy (non-hydrogen) atoms. The molecule has 6 nitrogen and oxygen atoms in total. The molecule has 0 saturated carbocycles. The van der Waals surface area contributed by atoms with Crippen LogP contribution in [-0.2, 0) is 13.0 Å². The highest BCUT2D eigenvalue weighted by molar-refractivity contribution is 6.31. The number of nitrogens with zero attached hydrogens (tertiary/aromatic N) is 2. The van der Waals surface area contributed by atoms with Gasteiger partial charge in [0.2, 0.25) is 0 Å². The number of aromatic nitrogens is 2. The molecular weight excluding hydrogens is 378 g/mol. The van der Waals surface area contributed by atoms with Crippen molar-refractivity contribution in [3.63, 3.8) is 0 Å². The lowest BCUT2D eigenvalue weighted by molar-refractivity contribution is 0.0982. The normalized spacial score (nSPS) is 13.2. The van der Waals surface area contributed by atoms with Crippen LogP contribution in [-0.4, -0.2) is 22.0 Å². The Morgan fingerprint density at radius 1 is 1.07 bits per heavy atom. The number of hydrogen-bond acceptors (Lipinski definition) is 3. The number of amides is 1. The lowest BCUT2D eigenvalue weighted by Crippen LogP contribution is -2.43. The summed E-state index contributed by atoms with van der Waals surface area (Å²) in [7, 11) is 0. The molecule has 1 aliphatic heterocycles. The topological polar surface area (TPSA) is 75.2 Å². The van der Waals surface area contributed by atoms with Crippen LogP contribution in [0.3, 0.4) is 0 Å². The second-order valence-corrected chi connectivity index (χ2v) is 7.09. The lowest BCUT2D eigenvalue weighted by atomic mass is 10.0. The number of carbonyl (C=O) groups excluding carboxylic acids is 1. The van der Waals surface area contributed by atoms with Gasteiger partial charge in [0, 0.05) is 23.5 Å². The number of fused-ring (bicyclic) bond motifs is 1. The summed E-state index contributed by atoms with van der Waals surface area (Å²) in [6.07, 6.45) is 2.91. The van der Waals surface area contributed by atoms with Crippen LogP contribution in [0, 0.1) is 0 Å². The highest BCUT2D eigenvalue weighted by Gasteiger charge is 2.26. The molecule has 7 heteroatoms. The molecule has 142 valence electrons. The van der Waals surface area contributed by atoms with E-state index in [-0.39, 0.29) is 12.1 Å². The first-order chi connectivity index (χ1) is 13.6. The summed E-state index contributed by atoms with van der Waals surface area (Å²) in [5, 5.41) is 0.454. The molecule has 1 N–H and O–H groups in total. The molecule has 0 bridgehead atoms. The van der Waals surface area contributed by atoms with E-state index in [9.17, 15) is 14.4 Å². The van der Waals surface area contributed by atoms with Crippen molar-refractivity contribution in [1.82, 2.24) is 9.55 Å². The van der Waals surface area contributed by atoms with Crippen molar-refractivity contribution >= 4 is 23.2 Å². The summed E-state index contributed by atoms with van der Waals surface area (Å²) in [5.41, 5.74) is 1.23. The minimum Gasteiger partial charge on any atom is -0.313 e. The van der Waals surface area contributed by atoms with Crippen LogP contribution in [0.4, 0.5) is 5.69 Å². The zero-order valence-corrected chi connectivity index (χ0v) is 15.8. The summed E-state index contributed by atoms with van der Waals surface area (Å²) in [4.78, 5) is 42.4. The molecule has 1 aromatic heterocycles. The number of para-hydroxylation sites is 1. The van der Waals surface area contributed by atoms with Gasteiger partial charge in [-0.25, -0.2) is 4.79 Å². The van der Waals surface area contributed by atoms with Crippen molar-refractivity contribution in [1.29, 1.82) is 0 Å². The summed E-state index contributed by atoms with van der Waals surface area (Å²) in [6, 6.07) is 14.6. The van der Waals surface area contributed by atoms with Gasteiger partial charge in [-0.3, -0.25) is 14.2 Å². The van der Waals surface area contributed by atoms with E-state index in [1.165, 1.54) is 6.20 Å². The van der Waals surface area contributed by atoms with Gasteiger partial charge in [0.05, 0.1) is 6.54 Å². The molecule has 0 unspecified atom stereocenters. The maximum atomic E-state index is 13.1. The molecule has 4 rings (SSSR count). The van der Waals surface area contributed by atoms with Gasteiger partial charge in [0.15, 0.2) is 0 Å². The minimum absolute atomic E-state index is 0.00839. The third kappa shape index (κ3) is 3.27. The van der Waals surface area contributed by atoms with Gasteiger partial charge in [-0.15, -0.1) is 0 Å². The molecular formula is C21H18ClN3O3. The summed E-state index contributed by atoms with van der Waals surface area (Å²) >= 11 is 6.16. The van der Waals surface area contributed by atoms with Gasteiger partial charge in [-0.1, -0.05) is 48.0 Å². The lowest BCUT2D eigenvalue weighted by Gasteiger charge is -2.29. The van der Waals surface area contributed by atoms with Gasteiger partial charge in [-0.2, -0.15) is 0 Å².